The van der Waals surface area contributed by atoms with Crippen molar-refractivity contribution >= 4 is 41.7 Å². The van der Waals surface area contributed by atoms with Gasteiger partial charge >= 0.3 is 51.4 Å². The van der Waals surface area contributed by atoms with Crippen molar-refractivity contribution in [2.75, 3.05) is 6.54 Å². The number of nitrogens with zero attached hydrogens (tertiary/aromatic N) is 1. The molecule has 0 aliphatic carbocycles. The average molecular weight is 406 g/mol. The maximum Gasteiger partial charge on any atom is 1.00 e. The molecule has 1 heterocycles. The van der Waals surface area contributed by atoms with Crippen molar-refractivity contribution in [2.24, 2.45) is 0 Å². The van der Waals surface area contributed by atoms with E-state index in [0.29, 0.717) is 27.0 Å². The Kier molecular flexibility index (Phi) is 9.22. The number of halogens is 2. The number of rotatable bonds is 4. The van der Waals surface area contributed by atoms with Gasteiger partial charge in [0, 0.05) is 16.6 Å². The molecule has 122 valence electrons. The molecule has 0 spiro atoms. The molecule has 1 atom stereocenters. The van der Waals surface area contributed by atoms with Crippen LogP contribution >= 0.6 is 23.2 Å². The van der Waals surface area contributed by atoms with E-state index in [2.05, 4.69) is 13.2 Å². The molecule has 0 saturated carbocycles. The van der Waals surface area contributed by atoms with Crippen molar-refractivity contribution in [3.63, 3.8) is 0 Å². The van der Waals surface area contributed by atoms with E-state index in [1.165, 1.54) is 0 Å². The Labute approximate surface area is 201 Å². The van der Waals surface area contributed by atoms with Crippen LogP contribution in [0, 0.1) is 0 Å². The number of carbonyl (C=O) groups is 1. The topological polar surface area (TPSA) is 20.3 Å². The number of amides is 1. The van der Waals surface area contributed by atoms with E-state index in [1.54, 1.807) is 18.2 Å². The van der Waals surface area contributed by atoms with Gasteiger partial charge in [-0.05, 0) is 30.1 Å². The summed E-state index contributed by atoms with van der Waals surface area (Å²) in [5.41, 5.74) is 2.80. The third-order valence-electron chi connectivity index (χ3n) is 4.14. The summed E-state index contributed by atoms with van der Waals surface area (Å²) in [6.45, 7) is 10.3. The molecule has 2 rings (SSSR count). The number of hydrogen-bond donors (Lipinski definition) is 0. The summed E-state index contributed by atoms with van der Waals surface area (Å²) in [6.07, 6.45) is 4.57. The van der Waals surface area contributed by atoms with E-state index < -0.39 is 0 Å². The molecule has 0 radical (unpaired) electrons. The first kappa shape index (κ1) is 22.4. The largest absolute Gasteiger partial charge is 1.00 e. The molecule has 0 N–H and O–H groups in total. The van der Waals surface area contributed by atoms with Crippen molar-refractivity contribution in [3.8, 4) is 0 Å². The van der Waals surface area contributed by atoms with E-state index in [4.69, 9.17) is 35.8 Å². The summed E-state index contributed by atoms with van der Waals surface area (Å²) in [7, 11) is 0. The number of carbonyl (C=O) groups excluding carboxylic acids is 1. The van der Waals surface area contributed by atoms with E-state index in [-0.39, 0.29) is 69.8 Å². The van der Waals surface area contributed by atoms with Crippen LogP contribution in [0.2, 0.25) is 10.0 Å². The van der Waals surface area contributed by atoms with Gasteiger partial charge in [-0.1, -0.05) is 60.6 Å². The Hall–Kier alpha value is 0.346. The summed E-state index contributed by atoms with van der Waals surface area (Å²) in [6, 6.07) is 3.25. The van der Waals surface area contributed by atoms with Crippen LogP contribution < -0.4 is 51.4 Å². The maximum absolute atomic E-state index is 12.7. The Balaban J connectivity index is 0.00000288. The summed E-state index contributed by atoms with van der Waals surface area (Å²) >= 11 is 17.5. The van der Waals surface area contributed by atoms with Gasteiger partial charge in [0.2, 0.25) is 5.91 Å². The van der Waals surface area contributed by atoms with Crippen LogP contribution in [0.25, 0.3) is 0 Å². The first-order chi connectivity index (χ1) is 10.9. The van der Waals surface area contributed by atoms with Gasteiger partial charge in [-0.15, -0.1) is 0 Å². The second kappa shape index (κ2) is 9.88. The Morgan fingerprint density at radius 1 is 1.33 bits per heavy atom. The molecule has 24 heavy (non-hydrogen) atoms. The van der Waals surface area contributed by atoms with E-state index in [0.717, 1.165) is 17.6 Å². The molecule has 1 aromatic rings. The van der Waals surface area contributed by atoms with E-state index in [1.807, 2.05) is 17.9 Å². The predicted octanol–water partition coefficient (Wildman–Crippen LogP) is 1.74. The van der Waals surface area contributed by atoms with E-state index >= 15 is 0 Å². The molecule has 1 unspecified atom stereocenters. The van der Waals surface area contributed by atoms with Crippen molar-refractivity contribution in [3.05, 3.63) is 64.2 Å². The minimum Gasteiger partial charge on any atom is -0.780 e. The van der Waals surface area contributed by atoms with Crippen molar-refractivity contribution in [1.82, 2.24) is 4.90 Å². The van der Waals surface area contributed by atoms with Crippen molar-refractivity contribution in [2.45, 2.75) is 30.7 Å². The zero-order valence-electron chi connectivity index (χ0n) is 13.9. The predicted molar refractivity (Wildman–Crippen MR) is 99.0 cm³/mol. The Morgan fingerprint density at radius 2 is 1.92 bits per heavy atom. The summed E-state index contributed by atoms with van der Waals surface area (Å²) in [4.78, 5) is 15.1. The minimum atomic E-state index is -0.0440. The summed E-state index contributed by atoms with van der Waals surface area (Å²) in [5, 5.41) is 0.874. The van der Waals surface area contributed by atoms with Crippen molar-refractivity contribution < 1.29 is 56.2 Å². The Bertz CT molecular complexity index is 679. The van der Waals surface area contributed by atoms with Gasteiger partial charge < -0.3 is 17.5 Å². The number of hydrogen-bond acceptors (Lipinski definition) is 2. The monoisotopic (exact) mass is 405 g/mol. The van der Waals surface area contributed by atoms with Gasteiger partial charge in [0.15, 0.2) is 0 Å². The quantitative estimate of drug-likeness (QED) is 0.561. The molecule has 2 nitrogen and oxygen atoms in total. The average Bonchev–Trinajstić information content (AvgIpc) is 2.50. The van der Waals surface area contributed by atoms with Crippen LogP contribution in [0.1, 0.15) is 18.9 Å². The molecule has 1 aliphatic heterocycles. The fourth-order valence-electron chi connectivity index (χ4n) is 2.88. The molecule has 0 bridgehead atoms. The Morgan fingerprint density at radius 3 is 2.42 bits per heavy atom. The van der Waals surface area contributed by atoms with Gasteiger partial charge in [0.25, 0.3) is 0 Å². The fraction of sp³-hybridized carbons (Fsp3) is 0.278. The second-order valence-corrected chi connectivity index (χ2v) is 6.73. The SMILES string of the molecule is C=CC1=C(C=C)C(C)N(C(=O)Cc2c(Cl)cc([S-])cc2Cl)CC1.[K+]. The normalized spacial score (nSPS) is 17.3. The van der Waals surface area contributed by atoms with Crippen LogP contribution in [0.4, 0.5) is 0 Å². The number of allylic oxidation sites excluding steroid dienone is 1. The van der Waals surface area contributed by atoms with Crippen LogP contribution in [-0.4, -0.2) is 23.4 Å². The molecule has 0 saturated heterocycles. The molecule has 1 aromatic carbocycles. The van der Waals surface area contributed by atoms with Gasteiger partial charge in [0.05, 0.1) is 12.5 Å². The summed E-state index contributed by atoms with van der Waals surface area (Å²) in [5.74, 6) is -0.0131. The number of benzene rings is 1. The van der Waals surface area contributed by atoms with Crippen LogP contribution in [0.5, 0.6) is 0 Å². The molecular formula is C18H18Cl2KNOS. The standard InChI is InChI=1S/C18H19Cl2NOS.K/c1-4-12-6-7-21(11(3)14(12)5-2)18(22)10-15-16(19)8-13(23)9-17(15)20;/h4-5,8-9,11,23H,1-2,6-7,10H2,3H3;/q;+1/p-1. The van der Waals surface area contributed by atoms with Gasteiger partial charge in [-0.25, -0.2) is 0 Å². The van der Waals surface area contributed by atoms with Gasteiger partial charge in [0.1, 0.15) is 0 Å². The van der Waals surface area contributed by atoms with Crippen LogP contribution in [-0.2, 0) is 23.8 Å². The molecule has 0 fully saturated rings. The molecule has 0 aromatic heterocycles. The van der Waals surface area contributed by atoms with Crippen LogP contribution in [0.3, 0.4) is 0 Å². The molecule has 6 heteroatoms. The minimum absolute atomic E-state index is 0. The van der Waals surface area contributed by atoms with Gasteiger partial charge in [-0.3, -0.25) is 4.79 Å². The zero-order chi connectivity index (χ0) is 17.1. The fourth-order valence-corrected chi connectivity index (χ4v) is 3.86. The molecule has 1 amide bonds. The maximum atomic E-state index is 12.7. The first-order valence-electron chi connectivity index (χ1n) is 7.31. The first-order valence-corrected chi connectivity index (χ1v) is 8.47. The van der Waals surface area contributed by atoms with Crippen LogP contribution in [0.15, 0.2) is 53.5 Å². The van der Waals surface area contributed by atoms with Gasteiger partial charge in [-0.2, -0.15) is 4.90 Å². The van der Waals surface area contributed by atoms with E-state index in [9.17, 15) is 4.79 Å². The smallest absolute Gasteiger partial charge is 0.780 e. The molecule has 1 aliphatic rings. The van der Waals surface area contributed by atoms with Crippen molar-refractivity contribution in [1.29, 1.82) is 0 Å². The second-order valence-electron chi connectivity index (χ2n) is 5.44. The third kappa shape index (κ3) is 4.95. The molecular weight excluding hydrogens is 388 g/mol. The zero-order valence-corrected chi connectivity index (χ0v) is 19.4. The third-order valence-corrected chi connectivity index (χ3v) is 5.05. The summed E-state index contributed by atoms with van der Waals surface area (Å²) < 4.78 is 0.